The third-order valence-electron chi connectivity index (χ3n) is 13.0. The second-order valence-corrected chi connectivity index (χ2v) is 16.1. The molecule has 1 aliphatic heterocycles. The average molecular weight is 570 g/mol. The van der Waals surface area contributed by atoms with Gasteiger partial charge in [0.25, 0.3) is 0 Å². The summed E-state index contributed by atoms with van der Waals surface area (Å²) >= 11 is 0. The molecule has 5 fully saturated rings. The lowest BCUT2D eigenvalue weighted by atomic mass is 9.68. The number of nitrogens with zero attached hydrogens (tertiary/aromatic N) is 3. The standard InChI is InChI=1S/C37H67N3O/c1-38(2)33-19-11-28(12-20-33)8-7-27-9-13-30(14-10-27)36-25-32(29-15-21-34(22-16-29)39(3)4)26-37(41-36)31-17-23-35(24-18-31)40(5)6/h7-8,27-37H,9-26H2,1-6H3/b8-7+. The van der Waals surface area contributed by atoms with Crippen molar-refractivity contribution in [3.8, 4) is 0 Å². The fourth-order valence-electron chi connectivity index (χ4n) is 9.93. The Morgan fingerprint density at radius 1 is 0.390 bits per heavy atom. The number of ether oxygens (including phenoxy) is 1. The predicted molar refractivity (Wildman–Crippen MR) is 174 cm³/mol. The van der Waals surface area contributed by atoms with Crippen LogP contribution in [0, 0.1) is 35.5 Å². The van der Waals surface area contributed by atoms with E-state index >= 15 is 0 Å². The van der Waals surface area contributed by atoms with Crippen molar-refractivity contribution < 1.29 is 4.74 Å². The summed E-state index contributed by atoms with van der Waals surface area (Å²) < 4.78 is 7.22. The lowest BCUT2D eigenvalue weighted by Gasteiger charge is -2.48. The van der Waals surface area contributed by atoms with Crippen LogP contribution in [-0.4, -0.2) is 87.3 Å². The first-order valence-electron chi connectivity index (χ1n) is 18.1. The predicted octanol–water partition coefficient (Wildman–Crippen LogP) is 7.87. The zero-order valence-electron chi connectivity index (χ0n) is 28.0. The molecule has 4 heteroatoms. The molecule has 5 aliphatic rings. The van der Waals surface area contributed by atoms with E-state index in [2.05, 4.69) is 69.1 Å². The average Bonchev–Trinajstić information content (AvgIpc) is 3.00. The van der Waals surface area contributed by atoms with Crippen LogP contribution < -0.4 is 0 Å². The van der Waals surface area contributed by atoms with E-state index in [9.17, 15) is 0 Å². The van der Waals surface area contributed by atoms with Gasteiger partial charge in [0, 0.05) is 18.1 Å². The van der Waals surface area contributed by atoms with Crippen LogP contribution in [0.1, 0.15) is 116 Å². The molecule has 4 nitrogen and oxygen atoms in total. The summed E-state index contributed by atoms with van der Waals surface area (Å²) in [5.74, 6) is 5.10. The zero-order chi connectivity index (χ0) is 28.9. The highest BCUT2D eigenvalue weighted by Gasteiger charge is 2.42. The maximum absolute atomic E-state index is 7.22. The van der Waals surface area contributed by atoms with Gasteiger partial charge in [0.05, 0.1) is 12.2 Å². The van der Waals surface area contributed by atoms with Gasteiger partial charge in [-0.1, -0.05) is 12.2 Å². The zero-order valence-corrected chi connectivity index (χ0v) is 28.0. The van der Waals surface area contributed by atoms with Crippen LogP contribution in [0.3, 0.4) is 0 Å². The van der Waals surface area contributed by atoms with Crippen molar-refractivity contribution in [2.75, 3.05) is 42.3 Å². The van der Waals surface area contributed by atoms with Crippen molar-refractivity contribution in [3.63, 3.8) is 0 Å². The number of hydrogen-bond acceptors (Lipinski definition) is 4. The molecule has 4 aliphatic carbocycles. The molecule has 41 heavy (non-hydrogen) atoms. The number of rotatable bonds is 8. The van der Waals surface area contributed by atoms with Crippen LogP contribution in [0.15, 0.2) is 12.2 Å². The molecular weight excluding hydrogens is 502 g/mol. The molecule has 0 spiro atoms. The van der Waals surface area contributed by atoms with E-state index in [-0.39, 0.29) is 0 Å². The molecule has 4 saturated carbocycles. The van der Waals surface area contributed by atoms with Gasteiger partial charge in [0.15, 0.2) is 0 Å². The fourth-order valence-corrected chi connectivity index (χ4v) is 9.93. The normalized spacial score (nSPS) is 43.3. The van der Waals surface area contributed by atoms with Crippen molar-refractivity contribution in [2.45, 2.75) is 146 Å². The molecule has 0 aromatic carbocycles. The van der Waals surface area contributed by atoms with E-state index in [4.69, 9.17) is 4.74 Å². The fraction of sp³-hybridized carbons (Fsp3) is 0.946. The molecule has 1 heterocycles. The van der Waals surface area contributed by atoms with Gasteiger partial charge in [0.2, 0.25) is 0 Å². The Bertz CT molecular complexity index is 742. The van der Waals surface area contributed by atoms with Crippen LogP contribution >= 0.6 is 0 Å². The maximum atomic E-state index is 7.22. The summed E-state index contributed by atoms with van der Waals surface area (Å²) in [6.45, 7) is 0. The topological polar surface area (TPSA) is 19.0 Å². The first kappa shape index (κ1) is 32.0. The molecule has 3 atom stereocenters. The van der Waals surface area contributed by atoms with E-state index in [1.54, 1.807) is 0 Å². The van der Waals surface area contributed by atoms with E-state index in [0.29, 0.717) is 12.2 Å². The van der Waals surface area contributed by atoms with Crippen molar-refractivity contribution in [3.05, 3.63) is 12.2 Å². The Morgan fingerprint density at radius 3 is 1.10 bits per heavy atom. The molecule has 1 saturated heterocycles. The van der Waals surface area contributed by atoms with Crippen LogP contribution in [0.5, 0.6) is 0 Å². The first-order valence-corrected chi connectivity index (χ1v) is 18.1. The first-order chi connectivity index (χ1) is 19.8. The maximum Gasteiger partial charge on any atom is 0.0610 e. The van der Waals surface area contributed by atoms with Crippen LogP contribution in [-0.2, 0) is 4.74 Å². The minimum atomic E-state index is 0.531. The van der Waals surface area contributed by atoms with E-state index in [1.165, 1.54) is 116 Å². The largest absolute Gasteiger partial charge is 0.374 e. The molecule has 5 rings (SSSR count). The summed E-state index contributed by atoms with van der Waals surface area (Å²) in [7, 11) is 13.6. The second kappa shape index (κ2) is 15.0. The van der Waals surface area contributed by atoms with E-state index < -0.39 is 0 Å². The summed E-state index contributed by atoms with van der Waals surface area (Å²) in [6.07, 6.45) is 31.4. The Morgan fingerprint density at radius 2 is 0.707 bits per heavy atom. The molecular formula is C37H67N3O. The molecule has 0 aromatic rings. The van der Waals surface area contributed by atoms with Crippen LogP contribution in [0.4, 0.5) is 0 Å². The summed E-state index contributed by atoms with van der Waals surface area (Å²) in [5.41, 5.74) is 0. The summed E-state index contributed by atoms with van der Waals surface area (Å²) in [4.78, 5) is 7.39. The smallest absolute Gasteiger partial charge is 0.0610 e. The quantitative estimate of drug-likeness (QED) is 0.277. The van der Waals surface area contributed by atoms with Gasteiger partial charge < -0.3 is 19.4 Å². The Kier molecular flexibility index (Phi) is 11.7. The number of allylic oxidation sites excluding steroid dienone is 2. The van der Waals surface area contributed by atoms with Gasteiger partial charge in [-0.2, -0.15) is 0 Å². The Hall–Kier alpha value is -0.420. The van der Waals surface area contributed by atoms with Crippen molar-refractivity contribution in [1.29, 1.82) is 0 Å². The van der Waals surface area contributed by atoms with Gasteiger partial charge in [-0.3, -0.25) is 0 Å². The highest BCUT2D eigenvalue weighted by molar-refractivity contribution is 4.99. The van der Waals surface area contributed by atoms with Gasteiger partial charge in [-0.25, -0.2) is 0 Å². The molecule has 0 radical (unpaired) electrons. The van der Waals surface area contributed by atoms with E-state index in [1.807, 2.05) is 0 Å². The van der Waals surface area contributed by atoms with Gasteiger partial charge >= 0.3 is 0 Å². The summed E-state index contributed by atoms with van der Waals surface area (Å²) in [5, 5.41) is 0. The molecule has 0 bridgehead atoms. The Labute approximate surface area is 255 Å². The number of hydrogen-bond donors (Lipinski definition) is 0. The van der Waals surface area contributed by atoms with E-state index in [0.717, 1.165) is 53.6 Å². The lowest BCUT2D eigenvalue weighted by Crippen LogP contribution is -2.46. The van der Waals surface area contributed by atoms with Gasteiger partial charge in [0.1, 0.15) is 0 Å². The summed E-state index contributed by atoms with van der Waals surface area (Å²) in [6, 6.07) is 2.41. The SMILES string of the molecule is CN(C)C1CCC(/C=C/C2CCC(C3CC(C4CCC(N(C)C)CC4)CC(C4CCC(N(C)C)CC4)O3)CC2)CC1. The van der Waals surface area contributed by atoms with Crippen molar-refractivity contribution in [2.24, 2.45) is 35.5 Å². The highest BCUT2D eigenvalue weighted by atomic mass is 16.5. The van der Waals surface area contributed by atoms with Gasteiger partial charge in [-0.15, -0.1) is 0 Å². The van der Waals surface area contributed by atoms with Crippen LogP contribution in [0.25, 0.3) is 0 Å². The molecule has 0 N–H and O–H groups in total. The lowest BCUT2D eigenvalue weighted by molar-refractivity contribution is -0.140. The third-order valence-corrected chi connectivity index (χ3v) is 13.0. The van der Waals surface area contributed by atoms with Gasteiger partial charge in [-0.05, 0) is 193 Å². The third kappa shape index (κ3) is 8.61. The monoisotopic (exact) mass is 570 g/mol. The Balaban J connectivity index is 1.15. The second-order valence-electron chi connectivity index (χ2n) is 16.1. The van der Waals surface area contributed by atoms with Crippen LogP contribution in [0.2, 0.25) is 0 Å². The minimum Gasteiger partial charge on any atom is -0.374 e. The molecule has 0 amide bonds. The molecule has 0 aromatic heterocycles. The minimum absolute atomic E-state index is 0.531. The molecule has 236 valence electrons. The van der Waals surface area contributed by atoms with Crippen molar-refractivity contribution in [1.82, 2.24) is 14.7 Å². The molecule has 3 unspecified atom stereocenters. The highest BCUT2D eigenvalue weighted by Crippen LogP contribution is 2.46. The van der Waals surface area contributed by atoms with Crippen molar-refractivity contribution >= 4 is 0 Å².